The molecule has 0 radical (unpaired) electrons. The van der Waals surface area contributed by atoms with Crippen LogP contribution in [-0.2, 0) is 4.74 Å². The zero-order valence-electron chi connectivity index (χ0n) is 10.5. The second kappa shape index (κ2) is 7.20. The molecule has 1 aliphatic rings. The first kappa shape index (κ1) is 12.9. The van der Waals surface area contributed by atoms with Crippen LogP contribution in [0.1, 0.15) is 33.6 Å². The van der Waals surface area contributed by atoms with Crippen LogP contribution in [0, 0.1) is 0 Å². The molecule has 0 unspecified atom stereocenters. The van der Waals surface area contributed by atoms with Crippen molar-refractivity contribution in [3.63, 3.8) is 0 Å². The summed E-state index contributed by atoms with van der Waals surface area (Å²) in [5, 5.41) is 3.58. The summed E-state index contributed by atoms with van der Waals surface area (Å²) < 4.78 is 5.51. The van der Waals surface area contributed by atoms with Gasteiger partial charge in [-0.25, -0.2) is 0 Å². The van der Waals surface area contributed by atoms with Gasteiger partial charge < -0.3 is 15.0 Å². The molecule has 1 fully saturated rings. The molecule has 0 aliphatic carbocycles. The molecule has 1 saturated heterocycles. The number of ether oxygens (including phenoxy) is 1. The average Bonchev–Trinajstić information content (AvgIpc) is 2.65. The Balaban J connectivity index is 2.01. The molecule has 2 atom stereocenters. The fraction of sp³-hybridized carbons (Fsp3) is 1.00. The van der Waals surface area contributed by atoms with Crippen LogP contribution >= 0.6 is 0 Å². The van der Waals surface area contributed by atoms with E-state index in [4.69, 9.17) is 4.74 Å². The Morgan fingerprint density at radius 3 is 2.60 bits per heavy atom. The maximum absolute atomic E-state index is 5.51. The number of nitrogens with one attached hydrogen (secondary N) is 1. The van der Waals surface area contributed by atoms with Crippen LogP contribution in [0.2, 0.25) is 0 Å². The van der Waals surface area contributed by atoms with E-state index in [-0.39, 0.29) is 0 Å². The van der Waals surface area contributed by atoms with Crippen molar-refractivity contribution < 1.29 is 4.74 Å². The summed E-state index contributed by atoms with van der Waals surface area (Å²) in [7, 11) is 0. The predicted octanol–water partition coefficient (Wildman–Crippen LogP) is 1.49. The third kappa shape index (κ3) is 4.49. The van der Waals surface area contributed by atoms with E-state index in [1.807, 2.05) is 0 Å². The SMILES string of the molecule is CCN(CC)CCCN[C@@H]1CCO[C@H]1C. The minimum atomic E-state index is 0.401. The lowest BCUT2D eigenvalue weighted by Crippen LogP contribution is -2.36. The molecule has 1 rings (SSSR count). The molecule has 0 amide bonds. The Bertz CT molecular complexity index is 160. The molecule has 1 aliphatic heterocycles. The number of hydrogen-bond donors (Lipinski definition) is 1. The summed E-state index contributed by atoms with van der Waals surface area (Å²) in [4.78, 5) is 2.47. The summed E-state index contributed by atoms with van der Waals surface area (Å²) in [5.41, 5.74) is 0. The van der Waals surface area contributed by atoms with E-state index in [2.05, 4.69) is 31.0 Å². The minimum absolute atomic E-state index is 0.401. The van der Waals surface area contributed by atoms with Crippen molar-refractivity contribution in [3.8, 4) is 0 Å². The lowest BCUT2D eigenvalue weighted by atomic mass is 10.1. The summed E-state index contributed by atoms with van der Waals surface area (Å²) in [6.07, 6.45) is 2.82. The molecule has 0 aromatic carbocycles. The fourth-order valence-corrected chi connectivity index (χ4v) is 2.13. The van der Waals surface area contributed by atoms with Gasteiger partial charge in [-0.2, -0.15) is 0 Å². The average molecular weight is 214 g/mol. The van der Waals surface area contributed by atoms with Crippen LogP contribution in [0.15, 0.2) is 0 Å². The van der Waals surface area contributed by atoms with Crippen LogP contribution < -0.4 is 5.32 Å². The molecule has 15 heavy (non-hydrogen) atoms. The largest absolute Gasteiger partial charge is 0.377 e. The third-order valence-corrected chi connectivity index (χ3v) is 3.33. The Labute approximate surface area is 94.2 Å². The molecule has 0 saturated carbocycles. The van der Waals surface area contributed by atoms with Gasteiger partial charge in [0.15, 0.2) is 0 Å². The fourth-order valence-electron chi connectivity index (χ4n) is 2.13. The highest BCUT2D eigenvalue weighted by molar-refractivity contribution is 4.78. The molecule has 1 N–H and O–H groups in total. The van der Waals surface area contributed by atoms with Gasteiger partial charge in [-0.05, 0) is 45.9 Å². The molecule has 0 spiro atoms. The summed E-state index contributed by atoms with van der Waals surface area (Å²) in [6.45, 7) is 12.2. The van der Waals surface area contributed by atoms with E-state index in [0.717, 1.165) is 13.2 Å². The van der Waals surface area contributed by atoms with Crippen molar-refractivity contribution in [2.75, 3.05) is 32.8 Å². The molecule has 0 bridgehead atoms. The standard InChI is InChI=1S/C12H26N2O/c1-4-14(5-2)9-6-8-13-12-7-10-15-11(12)3/h11-13H,4-10H2,1-3H3/t11-,12+/m0/s1. The van der Waals surface area contributed by atoms with Crippen LogP contribution in [0.3, 0.4) is 0 Å². The molecule has 0 aromatic rings. The second-order valence-electron chi connectivity index (χ2n) is 4.31. The third-order valence-electron chi connectivity index (χ3n) is 3.33. The molecule has 1 heterocycles. The van der Waals surface area contributed by atoms with Crippen molar-refractivity contribution in [1.29, 1.82) is 0 Å². The molecular weight excluding hydrogens is 188 g/mol. The number of hydrogen-bond acceptors (Lipinski definition) is 3. The van der Waals surface area contributed by atoms with E-state index < -0.39 is 0 Å². The van der Waals surface area contributed by atoms with Crippen molar-refractivity contribution in [1.82, 2.24) is 10.2 Å². The van der Waals surface area contributed by atoms with Gasteiger partial charge in [0.05, 0.1) is 6.10 Å². The first-order valence-corrected chi connectivity index (χ1v) is 6.35. The van der Waals surface area contributed by atoms with Crippen LogP contribution in [0.25, 0.3) is 0 Å². The summed E-state index contributed by atoms with van der Waals surface area (Å²) >= 11 is 0. The molecule has 0 aromatic heterocycles. The first-order chi connectivity index (χ1) is 7.27. The summed E-state index contributed by atoms with van der Waals surface area (Å²) in [6, 6.07) is 0.585. The summed E-state index contributed by atoms with van der Waals surface area (Å²) in [5.74, 6) is 0. The highest BCUT2D eigenvalue weighted by Gasteiger charge is 2.22. The van der Waals surface area contributed by atoms with Gasteiger partial charge in [0.1, 0.15) is 0 Å². The predicted molar refractivity (Wildman–Crippen MR) is 64.2 cm³/mol. The van der Waals surface area contributed by atoms with E-state index in [0.29, 0.717) is 12.1 Å². The highest BCUT2D eigenvalue weighted by Crippen LogP contribution is 2.12. The molecule has 3 heteroatoms. The zero-order valence-corrected chi connectivity index (χ0v) is 10.5. The smallest absolute Gasteiger partial charge is 0.0700 e. The molecule has 3 nitrogen and oxygen atoms in total. The van der Waals surface area contributed by atoms with Gasteiger partial charge in [-0.15, -0.1) is 0 Å². The minimum Gasteiger partial charge on any atom is -0.377 e. The zero-order chi connectivity index (χ0) is 11.1. The van der Waals surface area contributed by atoms with Crippen molar-refractivity contribution in [2.45, 2.75) is 45.8 Å². The highest BCUT2D eigenvalue weighted by atomic mass is 16.5. The van der Waals surface area contributed by atoms with Gasteiger partial charge in [0.25, 0.3) is 0 Å². The Morgan fingerprint density at radius 1 is 1.33 bits per heavy atom. The quantitative estimate of drug-likeness (QED) is 0.650. The Morgan fingerprint density at radius 2 is 2.07 bits per heavy atom. The van der Waals surface area contributed by atoms with Crippen LogP contribution in [0.5, 0.6) is 0 Å². The lowest BCUT2D eigenvalue weighted by Gasteiger charge is -2.20. The Hall–Kier alpha value is -0.120. The van der Waals surface area contributed by atoms with Crippen LogP contribution in [-0.4, -0.2) is 49.8 Å². The van der Waals surface area contributed by atoms with E-state index >= 15 is 0 Å². The Kier molecular flexibility index (Phi) is 6.22. The second-order valence-corrected chi connectivity index (χ2v) is 4.31. The van der Waals surface area contributed by atoms with Gasteiger partial charge in [-0.1, -0.05) is 13.8 Å². The van der Waals surface area contributed by atoms with Crippen molar-refractivity contribution >= 4 is 0 Å². The van der Waals surface area contributed by atoms with Crippen molar-refractivity contribution in [2.24, 2.45) is 0 Å². The van der Waals surface area contributed by atoms with Gasteiger partial charge in [0, 0.05) is 12.6 Å². The van der Waals surface area contributed by atoms with Gasteiger partial charge in [0.2, 0.25) is 0 Å². The van der Waals surface area contributed by atoms with Gasteiger partial charge in [-0.3, -0.25) is 0 Å². The normalized spacial score (nSPS) is 26.4. The monoisotopic (exact) mass is 214 g/mol. The maximum atomic E-state index is 5.51. The molecule has 90 valence electrons. The molecular formula is C12H26N2O. The van der Waals surface area contributed by atoms with Gasteiger partial charge >= 0.3 is 0 Å². The lowest BCUT2D eigenvalue weighted by molar-refractivity contribution is 0.113. The van der Waals surface area contributed by atoms with Crippen molar-refractivity contribution in [3.05, 3.63) is 0 Å². The number of nitrogens with zero attached hydrogens (tertiary/aromatic N) is 1. The number of rotatable bonds is 7. The first-order valence-electron chi connectivity index (χ1n) is 6.35. The van der Waals surface area contributed by atoms with Crippen LogP contribution in [0.4, 0.5) is 0 Å². The topological polar surface area (TPSA) is 24.5 Å². The van der Waals surface area contributed by atoms with E-state index in [1.165, 1.54) is 32.5 Å². The van der Waals surface area contributed by atoms with E-state index in [9.17, 15) is 0 Å². The maximum Gasteiger partial charge on any atom is 0.0700 e. The van der Waals surface area contributed by atoms with E-state index in [1.54, 1.807) is 0 Å².